The van der Waals surface area contributed by atoms with Crippen molar-refractivity contribution < 1.29 is 23.5 Å². The fourth-order valence-electron chi connectivity index (χ4n) is 2.27. The predicted molar refractivity (Wildman–Crippen MR) is 73.0 cm³/mol. The molecule has 21 heavy (non-hydrogen) atoms. The molecule has 6 heteroatoms. The van der Waals surface area contributed by atoms with Crippen LogP contribution in [0.5, 0.6) is 0 Å². The van der Waals surface area contributed by atoms with Crippen molar-refractivity contribution >= 4 is 11.9 Å². The Bertz CT molecular complexity index is 514. The monoisotopic (exact) mass is 295 g/mol. The molecule has 0 radical (unpaired) electrons. The number of esters is 1. The molecule has 1 heterocycles. The summed E-state index contributed by atoms with van der Waals surface area (Å²) in [5.74, 6) is -1.39. The first-order valence-corrected chi connectivity index (χ1v) is 6.85. The van der Waals surface area contributed by atoms with E-state index < -0.39 is 23.9 Å². The van der Waals surface area contributed by atoms with Crippen LogP contribution >= 0.6 is 0 Å². The standard InChI is InChI=1S/C15H18FNO4/c1-20-15(19)12(9-10-5-2-3-6-11(10)16)17-14(18)13-7-4-8-21-13/h2-3,5-6,12-13H,4,7-9H2,1H3,(H,17,18)/t12-,13-/m1/s1. The average Bonchev–Trinajstić information content (AvgIpc) is 3.02. The molecule has 1 fully saturated rings. The van der Waals surface area contributed by atoms with E-state index in [1.54, 1.807) is 18.2 Å². The summed E-state index contributed by atoms with van der Waals surface area (Å²) in [6, 6.07) is 5.20. The first kappa shape index (κ1) is 15.4. The Morgan fingerprint density at radius 3 is 2.86 bits per heavy atom. The number of hydrogen-bond acceptors (Lipinski definition) is 4. The summed E-state index contributed by atoms with van der Waals surface area (Å²) in [5.41, 5.74) is 0.348. The second-order valence-corrected chi connectivity index (χ2v) is 4.88. The second kappa shape index (κ2) is 7.17. The highest BCUT2D eigenvalue weighted by Crippen LogP contribution is 2.14. The number of carbonyl (C=O) groups excluding carboxylic acids is 2. The summed E-state index contributed by atoms with van der Waals surface area (Å²) in [6.45, 7) is 0.536. The number of halogens is 1. The Kier molecular flexibility index (Phi) is 5.27. The van der Waals surface area contributed by atoms with Crippen molar-refractivity contribution in [3.05, 3.63) is 35.6 Å². The molecular weight excluding hydrogens is 277 g/mol. The molecule has 2 rings (SSSR count). The van der Waals surface area contributed by atoms with E-state index in [2.05, 4.69) is 10.1 Å². The van der Waals surface area contributed by atoms with Gasteiger partial charge in [-0.2, -0.15) is 0 Å². The van der Waals surface area contributed by atoms with Crippen molar-refractivity contribution in [2.75, 3.05) is 13.7 Å². The first-order chi connectivity index (χ1) is 10.1. The van der Waals surface area contributed by atoms with Crippen LogP contribution in [-0.4, -0.2) is 37.7 Å². The van der Waals surface area contributed by atoms with Gasteiger partial charge in [0, 0.05) is 13.0 Å². The minimum absolute atomic E-state index is 0.0395. The average molecular weight is 295 g/mol. The van der Waals surface area contributed by atoms with Crippen molar-refractivity contribution in [1.82, 2.24) is 5.32 Å². The number of hydrogen-bond donors (Lipinski definition) is 1. The van der Waals surface area contributed by atoms with Crippen LogP contribution in [0.2, 0.25) is 0 Å². The quantitative estimate of drug-likeness (QED) is 0.829. The summed E-state index contributed by atoms with van der Waals surface area (Å²) in [6.07, 6.45) is 0.934. The number of carbonyl (C=O) groups is 2. The van der Waals surface area contributed by atoms with Gasteiger partial charge >= 0.3 is 5.97 Å². The maximum atomic E-state index is 13.7. The highest BCUT2D eigenvalue weighted by atomic mass is 19.1. The maximum absolute atomic E-state index is 13.7. The maximum Gasteiger partial charge on any atom is 0.328 e. The highest BCUT2D eigenvalue weighted by molar-refractivity contribution is 5.87. The van der Waals surface area contributed by atoms with Gasteiger partial charge in [-0.15, -0.1) is 0 Å². The Labute approximate surface area is 122 Å². The van der Waals surface area contributed by atoms with E-state index in [1.165, 1.54) is 13.2 Å². The summed E-state index contributed by atoms with van der Waals surface area (Å²) in [4.78, 5) is 23.8. The minimum atomic E-state index is -0.927. The third-order valence-electron chi connectivity index (χ3n) is 3.41. The Hall–Kier alpha value is -1.95. The lowest BCUT2D eigenvalue weighted by Gasteiger charge is -2.19. The van der Waals surface area contributed by atoms with Crippen molar-refractivity contribution in [2.24, 2.45) is 0 Å². The largest absolute Gasteiger partial charge is 0.467 e. The van der Waals surface area contributed by atoms with Crippen LogP contribution in [0.15, 0.2) is 24.3 Å². The topological polar surface area (TPSA) is 64.6 Å². The Morgan fingerprint density at radius 2 is 2.24 bits per heavy atom. The summed E-state index contributed by atoms with van der Waals surface area (Å²) < 4.78 is 23.6. The van der Waals surface area contributed by atoms with Gasteiger partial charge in [0.25, 0.3) is 0 Å². The number of methoxy groups -OCH3 is 1. The van der Waals surface area contributed by atoms with Gasteiger partial charge in [0.2, 0.25) is 5.91 Å². The highest BCUT2D eigenvalue weighted by Gasteiger charge is 2.29. The van der Waals surface area contributed by atoms with E-state index in [1.807, 2.05) is 0 Å². The molecule has 1 aliphatic heterocycles. The summed E-state index contributed by atoms with van der Waals surface area (Å²) in [7, 11) is 1.23. The molecular formula is C15H18FNO4. The van der Waals surface area contributed by atoms with Gasteiger partial charge in [0.15, 0.2) is 0 Å². The molecule has 1 aromatic rings. The van der Waals surface area contributed by atoms with Crippen LogP contribution in [-0.2, 0) is 25.5 Å². The van der Waals surface area contributed by atoms with Gasteiger partial charge in [-0.1, -0.05) is 18.2 Å². The Morgan fingerprint density at radius 1 is 1.48 bits per heavy atom. The Balaban J connectivity index is 2.06. The molecule has 114 valence electrons. The normalized spacial score (nSPS) is 19.0. The zero-order chi connectivity index (χ0) is 15.2. The number of benzene rings is 1. The second-order valence-electron chi connectivity index (χ2n) is 4.88. The van der Waals surface area contributed by atoms with Crippen LogP contribution in [0.4, 0.5) is 4.39 Å². The molecule has 1 amide bonds. The van der Waals surface area contributed by atoms with E-state index >= 15 is 0 Å². The summed E-state index contributed by atoms with van der Waals surface area (Å²) in [5, 5.41) is 2.58. The van der Waals surface area contributed by atoms with E-state index in [4.69, 9.17) is 4.74 Å². The van der Waals surface area contributed by atoms with E-state index in [-0.39, 0.29) is 12.3 Å². The fraction of sp³-hybridized carbons (Fsp3) is 0.467. The smallest absolute Gasteiger partial charge is 0.328 e. The molecule has 2 atom stereocenters. The van der Waals surface area contributed by atoms with E-state index in [9.17, 15) is 14.0 Å². The number of rotatable bonds is 5. The molecule has 0 bridgehead atoms. The molecule has 0 spiro atoms. The van der Waals surface area contributed by atoms with Crippen molar-refractivity contribution in [1.29, 1.82) is 0 Å². The molecule has 0 aromatic heterocycles. The lowest BCUT2D eigenvalue weighted by atomic mass is 10.0. The molecule has 1 aromatic carbocycles. The third kappa shape index (κ3) is 4.01. The van der Waals surface area contributed by atoms with Crippen molar-refractivity contribution in [3.63, 3.8) is 0 Å². The fourth-order valence-corrected chi connectivity index (χ4v) is 2.27. The lowest BCUT2D eigenvalue weighted by Crippen LogP contribution is -2.47. The molecule has 1 saturated heterocycles. The molecule has 0 saturated carbocycles. The third-order valence-corrected chi connectivity index (χ3v) is 3.41. The molecule has 1 N–H and O–H groups in total. The number of amides is 1. The van der Waals surface area contributed by atoms with Gasteiger partial charge in [0.05, 0.1) is 7.11 Å². The van der Waals surface area contributed by atoms with Gasteiger partial charge < -0.3 is 14.8 Å². The van der Waals surface area contributed by atoms with E-state index in [0.29, 0.717) is 18.6 Å². The van der Waals surface area contributed by atoms with Gasteiger partial charge in [-0.05, 0) is 24.5 Å². The molecule has 1 aliphatic rings. The first-order valence-electron chi connectivity index (χ1n) is 6.85. The lowest BCUT2D eigenvalue weighted by molar-refractivity contribution is -0.146. The van der Waals surface area contributed by atoms with Crippen molar-refractivity contribution in [2.45, 2.75) is 31.4 Å². The zero-order valence-corrected chi connectivity index (χ0v) is 11.8. The van der Waals surface area contributed by atoms with Crippen LogP contribution in [0.3, 0.4) is 0 Å². The molecule has 0 aliphatic carbocycles. The number of ether oxygens (including phenoxy) is 2. The van der Waals surface area contributed by atoms with Crippen LogP contribution < -0.4 is 5.32 Å². The van der Waals surface area contributed by atoms with Crippen LogP contribution in [0, 0.1) is 5.82 Å². The minimum Gasteiger partial charge on any atom is -0.467 e. The molecule has 0 unspecified atom stereocenters. The van der Waals surface area contributed by atoms with E-state index in [0.717, 1.165) is 6.42 Å². The SMILES string of the molecule is COC(=O)[C@@H](Cc1ccccc1F)NC(=O)[C@H]1CCCO1. The number of nitrogens with one attached hydrogen (secondary N) is 1. The van der Waals surface area contributed by atoms with Crippen molar-refractivity contribution in [3.8, 4) is 0 Å². The predicted octanol–water partition coefficient (Wildman–Crippen LogP) is 1.20. The van der Waals surface area contributed by atoms with Gasteiger partial charge in [0.1, 0.15) is 18.0 Å². The zero-order valence-electron chi connectivity index (χ0n) is 11.8. The molecule has 5 nitrogen and oxygen atoms in total. The van der Waals surface area contributed by atoms with Crippen LogP contribution in [0.1, 0.15) is 18.4 Å². The van der Waals surface area contributed by atoms with Crippen LogP contribution in [0.25, 0.3) is 0 Å². The summed E-state index contributed by atoms with van der Waals surface area (Å²) >= 11 is 0. The van der Waals surface area contributed by atoms with Gasteiger partial charge in [-0.3, -0.25) is 4.79 Å². The van der Waals surface area contributed by atoms with Gasteiger partial charge in [-0.25, -0.2) is 9.18 Å².